The lowest BCUT2D eigenvalue weighted by Gasteiger charge is -2.29. The Morgan fingerprint density at radius 2 is 1.85 bits per heavy atom. The summed E-state index contributed by atoms with van der Waals surface area (Å²) in [6.07, 6.45) is 5.28. The lowest BCUT2D eigenvalue weighted by atomic mass is 9.84. The molecule has 0 heterocycles. The number of sulfone groups is 1. The van der Waals surface area contributed by atoms with Gasteiger partial charge < -0.3 is 10.9 Å². The van der Waals surface area contributed by atoms with Gasteiger partial charge in [0.05, 0.1) is 6.04 Å². The molecule has 1 aliphatic rings. The zero-order chi connectivity index (χ0) is 15.4. The van der Waals surface area contributed by atoms with E-state index in [1.165, 1.54) is 0 Å². The molecule has 1 rings (SSSR count). The standard InChI is InChI=1S/C10H21N3O5S2/c1-19(15,16)7-20(17,18)13-9(10(11)12-14)8-5-3-2-4-6-8/h8-9,13-14H,2-7H2,1H3,(H2,11,12). The summed E-state index contributed by atoms with van der Waals surface area (Å²) in [6, 6.07) is -0.868. The van der Waals surface area contributed by atoms with Gasteiger partial charge in [-0.05, 0) is 18.8 Å². The normalized spacial score (nSPS) is 20.8. The van der Waals surface area contributed by atoms with Crippen LogP contribution in [0.1, 0.15) is 32.1 Å². The van der Waals surface area contributed by atoms with E-state index < -0.39 is 31.0 Å². The highest BCUT2D eigenvalue weighted by molar-refractivity contribution is 8.06. The van der Waals surface area contributed by atoms with Crippen LogP contribution in [0.15, 0.2) is 5.16 Å². The Morgan fingerprint density at radius 1 is 1.30 bits per heavy atom. The number of amidine groups is 1. The van der Waals surface area contributed by atoms with E-state index in [0.717, 1.165) is 38.4 Å². The fourth-order valence-corrected chi connectivity index (χ4v) is 5.66. The zero-order valence-electron chi connectivity index (χ0n) is 11.3. The van der Waals surface area contributed by atoms with Crippen LogP contribution in [0.3, 0.4) is 0 Å². The van der Waals surface area contributed by atoms with E-state index in [1.54, 1.807) is 0 Å². The molecule has 118 valence electrons. The quantitative estimate of drug-likeness (QED) is 0.263. The molecule has 0 aromatic rings. The Balaban J connectivity index is 2.90. The predicted molar refractivity (Wildman–Crippen MR) is 75.5 cm³/mol. The van der Waals surface area contributed by atoms with E-state index >= 15 is 0 Å². The summed E-state index contributed by atoms with van der Waals surface area (Å²) in [7, 11) is -7.74. The molecular formula is C10H21N3O5S2. The van der Waals surface area contributed by atoms with Crippen molar-refractivity contribution in [3.05, 3.63) is 0 Å². The largest absolute Gasteiger partial charge is 0.409 e. The molecule has 0 spiro atoms. The third-order valence-corrected chi connectivity index (χ3v) is 6.80. The number of nitrogens with two attached hydrogens (primary N) is 1. The minimum Gasteiger partial charge on any atom is -0.409 e. The monoisotopic (exact) mass is 327 g/mol. The van der Waals surface area contributed by atoms with Crippen LogP contribution < -0.4 is 10.5 Å². The summed E-state index contributed by atoms with van der Waals surface area (Å²) in [4.78, 5) is 0. The molecule has 4 N–H and O–H groups in total. The molecule has 0 aromatic heterocycles. The second-order valence-corrected chi connectivity index (χ2v) is 9.44. The van der Waals surface area contributed by atoms with Crippen molar-refractivity contribution in [1.82, 2.24) is 4.72 Å². The van der Waals surface area contributed by atoms with Crippen LogP contribution in [0.25, 0.3) is 0 Å². The fraction of sp³-hybridized carbons (Fsp3) is 0.900. The summed E-state index contributed by atoms with van der Waals surface area (Å²) in [5.74, 6) is -0.331. The average molecular weight is 327 g/mol. The third-order valence-electron chi connectivity index (χ3n) is 3.23. The molecule has 1 atom stereocenters. The molecule has 1 aliphatic carbocycles. The van der Waals surface area contributed by atoms with Crippen LogP contribution in [0.2, 0.25) is 0 Å². The first-order valence-electron chi connectivity index (χ1n) is 6.30. The van der Waals surface area contributed by atoms with Crippen LogP contribution in [-0.4, -0.2) is 45.3 Å². The summed E-state index contributed by atoms with van der Waals surface area (Å²) in [5, 5.41) is 10.6. The number of hydrogen-bond acceptors (Lipinski definition) is 6. The molecule has 1 unspecified atom stereocenters. The third kappa shape index (κ3) is 5.63. The number of rotatable bonds is 6. The molecule has 0 amide bonds. The van der Waals surface area contributed by atoms with Crippen molar-refractivity contribution >= 4 is 25.7 Å². The van der Waals surface area contributed by atoms with Gasteiger partial charge in [-0.15, -0.1) is 0 Å². The average Bonchev–Trinajstić information content (AvgIpc) is 2.33. The van der Waals surface area contributed by atoms with Crippen molar-refractivity contribution in [3.63, 3.8) is 0 Å². The van der Waals surface area contributed by atoms with Gasteiger partial charge in [-0.3, -0.25) is 0 Å². The summed E-state index contributed by atoms with van der Waals surface area (Å²) < 4.78 is 48.1. The molecule has 8 nitrogen and oxygen atoms in total. The Bertz CT molecular complexity index is 549. The Kier molecular flexibility index (Phi) is 5.78. The van der Waals surface area contributed by atoms with Gasteiger partial charge in [0.25, 0.3) is 0 Å². The minimum absolute atomic E-state index is 0.0889. The molecule has 0 radical (unpaired) electrons. The lowest BCUT2D eigenvalue weighted by Crippen LogP contribution is -2.50. The molecule has 0 bridgehead atoms. The Labute approximate surface area is 119 Å². The molecule has 0 aromatic carbocycles. The van der Waals surface area contributed by atoms with Gasteiger partial charge >= 0.3 is 0 Å². The topological polar surface area (TPSA) is 139 Å². The van der Waals surface area contributed by atoms with E-state index in [9.17, 15) is 16.8 Å². The lowest BCUT2D eigenvalue weighted by molar-refractivity contribution is 0.298. The number of oxime groups is 1. The maximum absolute atomic E-state index is 11.8. The number of nitrogens with one attached hydrogen (secondary N) is 1. The zero-order valence-corrected chi connectivity index (χ0v) is 13.0. The summed E-state index contributed by atoms with van der Waals surface area (Å²) in [6.45, 7) is 0. The van der Waals surface area contributed by atoms with E-state index in [4.69, 9.17) is 10.9 Å². The van der Waals surface area contributed by atoms with Crippen molar-refractivity contribution in [2.75, 3.05) is 11.3 Å². The first kappa shape index (κ1) is 17.2. The Morgan fingerprint density at radius 3 is 2.30 bits per heavy atom. The maximum atomic E-state index is 11.8. The molecular weight excluding hydrogens is 306 g/mol. The first-order valence-corrected chi connectivity index (χ1v) is 10.0. The smallest absolute Gasteiger partial charge is 0.226 e. The van der Waals surface area contributed by atoms with Crippen molar-refractivity contribution in [2.45, 2.75) is 38.1 Å². The molecule has 0 aliphatic heterocycles. The minimum atomic E-state index is -4.05. The van der Waals surface area contributed by atoms with E-state index in [-0.39, 0.29) is 11.8 Å². The van der Waals surface area contributed by atoms with Gasteiger partial charge in [0, 0.05) is 6.26 Å². The van der Waals surface area contributed by atoms with Crippen molar-refractivity contribution in [2.24, 2.45) is 16.8 Å². The van der Waals surface area contributed by atoms with E-state index in [2.05, 4.69) is 9.88 Å². The molecule has 1 saturated carbocycles. The number of hydrogen-bond donors (Lipinski definition) is 3. The van der Waals surface area contributed by atoms with Crippen LogP contribution in [0, 0.1) is 5.92 Å². The Hall–Kier alpha value is -0.870. The molecule has 0 saturated heterocycles. The number of nitrogens with zero attached hydrogens (tertiary/aromatic N) is 1. The number of sulfonamides is 1. The van der Waals surface area contributed by atoms with E-state index in [0.29, 0.717) is 0 Å². The van der Waals surface area contributed by atoms with E-state index in [1.807, 2.05) is 0 Å². The highest BCUT2D eigenvalue weighted by atomic mass is 32.3. The van der Waals surface area contributed by atoms with Gasteiger partial charge in [0.2, 0.25) is 10.0 Å². The van der Waals surface area contributed by atoms with Crippen LogP contribution in [0.4, 0.5) is 0 Å². The van der Waals surface area contributed by atoms with Gasteiger partial charge in [-0.2, -0.15) is 0 Å². The SMILES string of the molecule is CS(=O)(=O)CS(=O)(=O)NC(C(N)=NO)C1CCCCC1. The second-order valence-electron chi connectivity index (χ2n) is 5.18. The van der Waals surface area contributed by atoms with Crippen molar-refractivity contribution in [1.29, 1.82) is 0 Å². The van der Waals surface area contributed by atoms with Gasteiger partial charge in [0.15, 0.2) is 20.8 Å². The molecule has 20 heavy (non-hydrogen) atoms. The van der Waals surface area contributed by atoms with Gasteiger partial charge in [-0.1, -0.05) is 24.4 Å². The summed E-state index contributed by atoms with van der Waals surface area (Å²) >= 11 is 0. The van der Waals surface area contributed by atoms with Crippen molar-refractivity contribution in [3.8, 4) is 0 Å². The first-order chi connectivity index (χ1) is 9.14. The highest BCUT2D eigenvalue weighted by Gasteiger charge is 2.32. The summed E-state index contributed by atoms with van der Waals surface area (Å²) in [5.41, 5.74) is 5.54. The second kappa shape index (κ2) is 6.72. The van der Waals surface area contributed by atoms with Gasteiger partial charge in [-0.25, -0.2) is 21.6 Å². The fourth-order valence-electron chi connectivity index (χ4n) is 2.44. The van der Waals surface area contributed by atoms with Crippen molar-refractivity contribution < 1.29 is 22.0 Å². The van der Waals surface area contributed by atoms with Crippen LogP contribution >= 0.6 is 0 Å². The highest BCUT2D eigenvalue weighted by Crippen LogP contribution is 2.27. The maximum Gasteiger partial charge on any atom is 0.226 e. The van der Waals surface area contributed by atoms with Gasteiger partial charge in [0.1, 0.15) is 0 Å². The molecule has 10 heteroatoms. The van der Waals surface area contributed by atoms with Crippen LogP contribution in [0.5, 0.6) is 0 Å². The van der Waals surface area contributed by atoms with Crippen LogP contribution in [-0.2, 0) is 19.9 Å². The molecule has 1 fully saturated rings. The predicted octanol–water partition coefficient (Wildman–Crippen LogP) is -0.397.